The van der Waals surface area contributed by atoms with Crippen molar-refractivity contribution < 1.29 is 14.6 Å². The first-order valence-corrected chi connectivity index (χ1v) is 10.5. The molecular weight excluding hydrogens is 300 g/mol. The Kier molecular flexibility index (Phi) is 3.49. The summed E-state index contributed by atoms with van der Waals surface area (Å²) in [6.45, 7) is 6.52. The third kappa shape index (κ3) is 1.90. The SMILES string of the molecule is C[C@]12CCCC3(OCCO3)C1CC[C@@H]1[C@@H]2CC[C@]2(C)C(O)CC[C@@H]12. The summed E-state index contributed by atoms with van der Waals surface area (Å²) in [4.78, 5) is 0. The van der Waals surface area contributed by atoms with Crippen LogP contribution in [0.2, 0.25) is 0 Å². The summed E-state index contributed by atoms with van der Waals surface area (Å²) < 4.78 is 12.5. The van der Waals surface area contributed by atoms with Crippen molar-refractivity contribution in [3.8, 4) is 0 Å². The fraction of sp³-hybridized carbons (Fsp3) is 1.00. The normalized spacial score (nSPS) is 55.9. The molecule has 1 N–H and O–H groups in total. The van der Waals surface area contributed by atoms with Crippen LogP contribution in [0, 0.1) is 34.5 Å². The van der Waals surface area contributed by atoms with Crippen LogP contribution in [0.3, 0.4) is 0 Å². The first-order chi connectivity index (χ1) is 11.5. The molecule has 0 bridgehead atoms. The lowest BCUT2D eigenvalue weighted by Gasteiger charge is -2.63. The molecule has 5 fully saturated rings. The molecule has 24 heavy (non-hydrogen) atoms. The maximum absolute atomic E-state index is 10.6. The van der Waals surface area contributed by atoms with E-state index in [-0.39, 0.29) is 17.3 Å². The zero-order valence-corrected chi connectivity index (χ0v) is 15.4. The maximum Gasteiger partial charge on any atom is 0.171 e. The van der Waals surface area contributed by atoms with Gasteiger partial charge < -0.3 is 14.6 Å². The van der Waals surface area contributed by atoms with Crippen molar-refractivity contribution in [1.29, 1.82) is 0 Å². The maximum atomic E-state index is 10.6. The number of hydrogen-bond acceptors (Lipinski definition) is 3. The summed E-state index contributed by atoms with van der Waals surface area (Å²) in [6.07, 6.45) is 11.0. The second kappa shape index (κ2) is 5.20. The Balaban J connectivity index is 1.48. The molecule has 1 heterocycles. The third-order valence-corrected chi connectivity index (χ3v) is 9.37. The standard InChI is InChI=1S/C21H34O3/c1-19-9-3-10-21(23-12-13-24-21)17(19)6-4-14-15-5-7-18(22)20(15,2)11-8-16(14)19/h14-18,22H,3-13H2,1-2H3/t14-,15-,16-,17?,18?,19+,20-/m0/s1. The summed E-state index contributed by atoms with van der Waals surface area (Å²) in [5, 5.41) is 10.6. The zero-order valence-electron chi connectivity index (χ0n) is 15.4. The van der Waals surface area contributed by atoms with Crippen molar-refractivity contribution in [2.45, 2.75) is 83.5 Å². The minimum atomic E-state index is -0.256. The molecule has 1 aliphatic heterocycles. The van der Waals surface area contributed by atoms with Gasteiger partial charge in [0, 0.05) is 12.3 Å². The molecular formula is C21H34O3. The Labute approximate surface area is 146 Å². The van der Waals surface area contributed by atoms with Crippen LogP contribution in [0.4, 0.5) is 0 Å². The van der Waals surface area contributed by atoms with E-state index in [1.165, 1.54) is 44.9 Å². The highest BCUT2D eigenvalue weighted by Gasteiger charge is 2.64. The van der Waals surface area contributed by atoms with Gasteiger partial charge in [0.25, 0.3) is 0 Å². The fourth-order valence-corrected chi connectivity index (χ4v) is 8.22. The first-order valence-electron chi connectivity index (χ1n) is 10.5. The van der Waals surface area contributed by atoms with Crippen molar-refractivity contribution in [2.75, 3.05) is 13.2 Å². The highest BCUT2D eigenvalue weighted by atomic mass is 16.7. The Morgan fingerprint density at radius 2 is 1.54 bits per heavy atom. The highest BCUT2D eigenvalue weighted by Crippen LogP contribution is 2.68. The minimum Gasteiger partial charge on any atom is -0.393 e. The predicted octanol–water partition coefficient (Wildman–Crippen LogP) is 4.13. The van der Waals surface area contributed by atoms with Gasteiger partial charge in [0.2, 0.25) is 0 Å². The smallest absolute Gasteiger partial charge is 0.171 e. The topological polar surface area (TPSA) is 38.7 Å². The van der Waals surface area contributed by atoms with Crippen LogP contribution in [0.5, 0.6) is 0 Å². The quantitative estimate of drug-likeness (QED) is 0.724. The van der Waals surface area contributed by atoms with Crippen LogP contribution in [-0.4, -0.2) is 30.2 Å². The molecule has 4 saturated carbocycles. The summed E-state index contributed by atoms with van der Waals surface area (Å²) >= 11 is 0. The summed E-state index contributed by atoms with van der Waals surface area (Å²) in [6, 6.07) is 0. The van der Waals surface area contributed by atoms with E-state index in [9.17, 15) is 5.11 Å². The van der Waals surface area contributed by atoms with E-state index >= 15 is 0 Å². The van der Waals surface area contributed by atoms with Crippen LogP contribution < -0.4 is 0 Å². The molecule has 2 unspecified atom stereocenters. The molecule has 3 nitrogen and oxygen atoms in total. The number of fused-ring (bicyclic) bond motifs is 6. The van der Waals surface area contributed by atoms with E-state index in [4.69, 9.17) is 9.47 Å². The number of aliphatic hydroxyl groups excluding tert-OH is 1. The largest absolute Gasteiger partial charge is 0.393 e. The van der Waals surface area contributed by atoms with Crippen LogP contribution in [0.1, 0.15) is 71.6 Å². The summed E-state index contributed by atoms with van der Waals surface area (Å²) in [5.41, 5.74) is 0.567. The molecule has 4 aliphatic carbocycles. The molecule has 0 radical (unpaired) electrons. The van der Waals surface area contributed by atoms with E-state index in [0.717, 1.165) is 43.8 Å². The van der Waals surface area contributed by atoms with Gasteiger partial charge in [-0.1, -0.05) is 13.8 Å². The van der Waals surface area contributed by atoms with E-state index in [1.54, 1.807) is 0 Å². The first kappa shape index (κ1) is 16.1. The summed E-state index contributed by atoms with van der Waals surface area (Å²) in [7, 11) is 0. The lowest BCUT2D eigenvalue weighted by Crippen LogP contribution is -2.60. The molecule has 0 aromatic carbocycles. The highest BCUT2D eigenvalue weighted by molar-refractivity contribution is 5.11. The lowest BCUT2D eigenvalue weighted by molar-refractivity contribution is -0.273. The monoisotopic (exact) mass is 334 g/mol. The van der Waals surface area contributed by atoms with Crippen molar-refractivity contribution in [3.63, 3.8) is 0 Å². The van der Waals surface area contributed by atoms with E-state index in [1.807, 2.05) is 0 Å². The van der Waals surface area contributed by atoms with E-state index < -0.39 is 0 Å². The Morgan fingerprint density at radius 1 is 0.792 bits per heavy atom. The molecule has 0 aromatic heterocycles. The number of hydrogen-bond donors (Lipinski definition) is 1. The molecule has 7 atom stereocenters. The van der Waals surface area contributed by atoms with Gasteiger partial charge in [-0.25, -0.2) is 0 Å². The number of ether oxygens (including phenoxy) is 2. The lowest BCUT2D eigenvalue weighted by atomic mass is 9.44. The van der Waals surface area contributed by atoms with Crippen molar-refractivity contribution in [1.82, 2.24) is 0 Å². The van der Waals surface area contributed by atoms with E-state index in [0.29, 0.717) is 11.3 Å². The van der Waals surface area contributed by atoms with Crippen LogP contribution in [0.15, 0.2) is 0 Å². The predicted molar refractivity (Wildman–Crippen MR) is 92.4 cm³/mol. The molecule has 1 spiro atoms. The van der Waals surface area contributed by atoms with Crippen molar-refractivity contribution >= 4 is 0 Å². The van der Waals surface area contributed by atoms with E-state index in [2.05, 4.69) is 13.8 Å². The van der Waals surface area contributed by atoms with Gasteiger partial charge in [-0.3, -0.25) is 0 Å². The Morgan fingerprint density at radius 3 is 2.33 bits per heavy atom. The Bertz CT molecular complexity index is 513. The molecule has 0 amide bonds. The van der Waals surface area contributed by atoms with Crippen molar-refractivity contribution in [2.24, 2.45) is 34.5 Å². The number of aliphatic hydroxyl groups is 1. The number of rotatable bonds is 0. The van der Waals surface area contributed by atoms with Gasteiger partial charge in [0.15, 0.2) is 5.79 Å². The molecule has 5 rings (SSSR count). The molecule has 5 aliphatic rings. The Hall–Kier alpha value is -0.120. The van der Waals surface area contributed by atoms with Gasteiger partial charge in [-0.2, -0.15) is 0 Å². The second-order valence-electron chi connectivity index (χ2n) is 10.0. The average Bonchev–Trinajstić information content (AvgIpc) is 3.13. The van der Waals surface area contributed by atoms with Crippen molar-refractivity contribution in [3.05, 3.63) is 0 Å². The van der Waals surface area contributed by atoms with Crippen LogP contribution in [-0.2, 0) is 9.47 Å². The van der Waals surface area contributed by atoms with Crippen LogP contribution in [0.25, 0.3) is 0 Å². The van der Waals surface area contributed by atoms with Gasteiger partial charge >= 0.3 is 0 Å². The minimum absolute atomic E-state index is 0.0619. The van der Waals surface area contributed by atoms with Gasteiger partial charge in [-0.15, -0.1) is 0 Å². The average molecular weight is 335 g/mol. The van der Waals surface area contributed by atoms with Gasteiger partial charge in [-0.05, 0) is 80.0 Å². The summed E-state index contributed by atoms with van der Waals surface area (Å²) in [5.74, 6) is 2.70. The van der Waals surface area contributed by atoms with Crippen LogP contribution >= 0.6 is 0 Å². The zero-order chi connectivity index (χ0) is 16.6. The fourth-order valence-electron chi connectivity index (χ4n) is 8.22. The van der Waals surface area contributed by atoms with Gasteiger partial charge in [0.1, 0.15) is 0 Å². The molecule has 136 valence electrons. The third-order valence-electron chi connectivity index (χ3n) is 9.37. The molecule has 0 aromatic rings. The molecule has 3 heteroatoms. The second-order valence-corrected chi connectivity index (χ2v) is 10.0. The molecule has 1 saturated heterocycles. The van der Waals surface area contributed by atoms with Gasteiger partial charge in [0.05, 0.1) is 19.3 Å².